The van der Waals surface area contributed by atoms with Crippen LogP contribution in [0.4, 0.5) is 0 Å². The standard InChI is InChI=1S/C24H28O6S/c1-4-15-29-24(2)14-13-22(31(3,27)28)30-21-16-18(9-12-20(21)24)6-5-17-7-10-19(11-8-17)23(25)26/h5-12,16,22H,4,13-15H2,1-3H3,(H,25,26). The summed E-state index contributed by atoms with van der Waals surface area (Å²) in [6, 6.07) is 12.3. The lowest BCUT2D eigenvalue weighted by atomic mass is 9.90. The Morgan fingerprint density at radius 3 is 2.45 bits per heavy atom. The fourth-order valence-corrected chi connectivity index (χ4v) is 4.44. The van der Waals surface area contributed by atoms with Gasteiger partial charge in [-0.05, 0) is 49.1 Å². The molecule has 1 aliphatic rings. The number of ether oxygens (including phenoxy) is 2. The van der Waals surface area contributed by atoms with E-state index in [1.807, 2.05) is 44.2 Å². The maximum absolute atomic E-state index is 12.2. The first kappa shape index (κ1) is 23.0. The van der Waals surface area contributed by atoms with Gasteiger partial charge in [0.05, 0.1) is 11.2 Å². The van der Waals surface area contributed by atoms with Crippen LogP contribution in [0.3, 0.4) is 0 Å². The number of carboxylic acids is 1. The molecule has 7 heteroatoms. The monoisotopic (exact) mass is 444 g/mol. The number of sulfone groups is 1. The molecule has 0 aromatic heterocycles. The molecule has 2 atom stereocenters. The lowest BCUT2D eigenvalue weighted by Gasteiger charge is -2.29. The number of hydrogen-bond acceptors (Lipinski definition) is 5. The molecule has 0 amide bonds. The molecule has 166 valence electrons. The average molecular weight is 445 g/mol. The molecule has 3 rings (SSSR count). The zero-order valence-corrected chi connectivity index (χ0v) is 18.8. The predicted molar refractivity (Wildman–Crippen MR) is 121 cm³/mol. The van der Waals surface area contributed by atoms with Gasteiger partial charge in [0.15, 0.2) is 15.3 Å². The highest BCUT2D eigenvalue weighted by Crippen LogP contribution is 2.42. The van der Waals surface area contributed by atoms with Gasteiger partial charge in [0, 0.05) is 24.8 Å². The van der Waals surface area contributed by atoms with E-state index in [0.717, 1.165) is 23.1 Å². The zero-order chi connectivity index (χ0) is 22.6. The van der Waals surface area contributed by atoms with Crippen molar-refractivity contribution in [1.82, 2.24) is 0 Å². The van der Waals surface area contributed by atoms with Crippen molar-refractivity contribution in [3.63, 3.8) is 0 Å². The number of carboxylic acid groups (broad SMARTS) is 1. The third kappa shape index (κ3) is 5.54. The normalized spacial score (nSPS) is 21.3. The Balaban J connectivity index is 1.93. The second-order valence-corrected chi connectivity index (χ2v) is 10.2. The molecule has 1 N–H and O–H groups in total. The highest BCUT2D eigenvalue weighted by Gasteiger charge is 2.38. The van der Waals surface area contributed by atoms with Gasteiger partial charge in [-0.25, -0.2) is 13.2 Å². The van der Waals surface area contributed by atoms with Crippen molar-refractivity contribution in [3.8, 4) is 5.75 Å². The summed E-state index contributed by atoms with van der Waals surface area (Å²) in [5.41, 5.74) is 1.23. The van der Waals surface area contributed by atoms with Crippen LogP contribution in [0, 0.1) is 0 Å². The van der Waals surface area contributed by atoms with Crippen molar-refractivity contribution < 1.29 is 27.8 Å². The lowest BCUT2D eigenvalue weighted by molar-refractivity contribution is -0.0421. The molecule has 1 aliphatic heterocycles. The largest absolute Gasteiger partial charge is 0.478 e. The minimum atomic E-state index is -3.39. The summed E-state index contributed by atoms with van der Waals surface area (Å²) in [6.07, 6.45) is 6.70. The van der Waals surface area contributed by atoms with Gasteiger partial charge in [0.2, 0.25) is 0 Å². The third-order valence-electron chi connectivity index (χ3n) is 5.42. The first-order valence-electron chi connectivity index (χ1n) is 10.3. The van der Waals surface area contributed by atoms with Crippen LogP contribution in [0.1, 0.15) is 60.2 Å². The second kappa shape index (κ2) is 9.24. The van der Waals surface area contributed by atoms with E-state index in [1.54, 1.807) is 24.3 Å². The van der Waals surface area contributed by atoms with Crippen molar-refractivity contribution in [2.45, 2.75) is 44.1 Å². The van der Waals surface area contributed by atoms with Gasteiger partial charge in [-0.3, -0.25) is 0 Å². The number of rotatable bonds is 7. The Morgan fingerprint density at radius 1 is 1.19 bits per heavy atom. The van der Waals surface area contributed by atoms with Crippen molar-refractivity contribution in [2.75, 3.05) is 12.9 Å². The maximum atomic E-state index is 12.2. The van der Waals surface area contributed by atoms with Crippen LogP contribution in [-0.2, 0) is 20.2 Å². The van der Waals surface area contributed by atoms with Crippen molar-refractivity contribution in [2.24, 2.45) is 0 Å². The highest BCUT2D eigenvalue weighted by molar-refractivity contribution is 7.91. The molecule has 1 heterocycles. The molecule has 2 aromatic rings. The Labute approximate surface area is 183 Å². The Hall–Kier alpha value is -2.64. The quantitative estimate of drug-likeness (QED) is 0.621. The van der Waals surface area contributed by atoms with E-state index in [-0.39, 0.29) is 5.56 Å². The molecule has 0 aliphatic carbocycles. The summed E-state index contributed by atoms with van der Waals surface area (Å²) >= 11 is 0. The van der Waals surface area contributed by atoms with Crippen molar-refractivity contribution in [1.29, 1.82) is 0 Å². The molecule has 6 nitrogen and oxygen atoms in total. The van der Waals surface area contributed by atoms with Crippen LogP contribution in [0.15, 0.2) is 42.5 Å². The van der Waals surface area contributed by atoms with E-state index in [0.29, 0.717) is 25.2 Å². The molecular formula is C24H28O6S. The number of fused-ring (bicyclic) bond motifs is 1. The molecule has 0 saturated carbocycles. The zero-order valence-electron chi connectivity index (χ0n) is 18.0. The number of carbonyl (C=O) groups is 1. The molecular weight excluding hydrogens is 416 g/mol. The molecule has 2 aromatic carbocycles. The maximum Gasteiger partial charge on any atom is 0.335 e. The summed E-state index contributed by atoms with van der Waals surface area (Å²) in [6.45, 7) is 4.59. The summed E-state index contributed by atoms with van der Waals surface area (Å²) in [4.78, 5) is 11.0. The van der Waals surface area contributed by atoms with Crippen LogP contribution >= 0.6 is 0 Å². The van der Waals surface area contributed by atoms with E-state index in [1.165, 1.54) is 6.26 Å². The van der Waals surface area contributed by atoms with E-state index >= 15 is 0 Å². The Kier molecular flexibility index (Phi) is 6.86. The van der Waals surface area contributed by atoms with Gasteiger partial charge in [0.1, 0.15) is 5.75 Å². The first-order valence-corrected chi connectivity index (χ1v) is 12.2. The van der Waals surface area contributed by atoms with Crippen LogP contribution in [0.5, 0.6) is 5.75 Å². The van der Waals surface area contributed by atoms with Gasteiger partial charge in [-0.15, -0.1) is 0 Å². The summed E-state index contributed by atoms with van der Waals surface area (Å²) in [5.74, 6) is -0.456. The lowest BCUT2D eigenvalue weighted by Crippen LogP contribution is -2.28. The topological polar surface area (TPSA) is 89.9 Å². The third-order valence-corrected chi connectivity index (χ3v) is 6.71. The van der Waals surface area contributed by atoms with Crippen molar-refractivity contribution in [3.05, 3.63) is 64.7 Å². The fraction of sp³-hybridized carbons (Fsp3) is 0.375. The number of benzene rings is 2. The minimum Gasteiger partial charge on any atom is -0.478 e. The van der Waals surface area contributed by atoms with E-state index in [9.17, 15) is 13.2 Å². The highest BCUT2D eigenvalue weighted by atomic mass is 32.2. The Bertz CT molecular complexity index is 1070. The first-order chi connectivity index (χ1) is 14.6. The smallest absolute Gasteiger partial charge is 0.335 e. The molecule has 0 radical (unpaired) electrons. The predicted octanol–water partition coefficient (Wildman–Crippen LogP) is 4.74. The number of aromatic carboxylic acids is 1. The van der Waals surface area contributed by atoms with E-state index in [4.69, 9.17) is 14.6 Å². The summed E-state index contributed by atoms with van der Waals surface area (Å²) in [7, 11) is -3.39. The SMILES string of the molecule is CCCOC1(C)CCC(S(C)(=O)=O)Oc2cc(C=Cc3ccc(C(=O)O)cc3)ccc21. The molecule has 2 unspecified atom stereocenters. The minimum absolute atomic E-state index is 0.230. The van der Waals surface area contributed by atoms with Gasteiger partial charge >= 0.3 is 5.97 Å². The van der Waals surface area contributed by atoms with Crippen LogP contribution in [-0.4, -0.2) is 37.8 Å². The van der Waals surface area contributed by atoms with Crippen molar-refractivity contribution >= 4 is 28.0 Å². The van der Waals surface area contributed by atoms with Crippen LogP contribution in [0.25, 0.3) is 12.2 Å². The van der Waals surface area contributed by atoms with Gasteiger partial charge in [0.25, 0.3) is 0 Å². The summed E-state index contributed by atoms with van der Waals surface area (Å²) < 4.78 is 36.6. The summed E-state index contributed by atoms with van der Waals surface area (Å²) in [5, 5.41) is 9.01. The average Bonchev–Trinajstić information content (AvgIpc) is 2.87. The molecule has 0 bridgehead atoms. The van der Waals surface area contributed by atoms with Gasteiger partial charge < -0.3 is 14.6 Å². The number of hydrogen-bond donors (Lipinski definition) is 1. The molecule has 0 saturated heterocycles. The Morgan fingerprint density at radius 2 is 1.84 bits per heavy atom. The van der Waals surface area contributed by atoms with E-state index in [2.05, 4.69) is 0 Å². The molecule has 0 spiro atoms. The van der Waals surface area contributed by atoms with Crippen LogP contribution in [0.2, 0.25) is 0 Å². The van der Waals surface area contributed by atoms with Crippen LogP contribution < -0.4 is 4.74 Å². The van der Waals surface area contributed by atoms with Gasteiger partial charge in [-0.2, -0.15) is 0 Å². The van der Waals surface area contributed by atoms with Gasteiger partial charge in [-0.1, -0.05) is 43.3 Å². The second-order valence-electron chi connectivity index (χ2n) is 8.01. The van der Waals surface area contributed by atoms with E-state index < -0.39 is 26.8 Å². The molecule has 0 fully saturated rings. The fourth-order valence-electron chi connectivity index (χ4n) is 3.61. The molecule has 31 heavy (non-hydrogen) atoms.